The molecular weight excluding hydrogens is 393 g/mol. The van der Waals surface area contributed by atoms with E-state index < -0.39 is 29.5 Å². The first kappa shape index (κ1) is 18.7. The Hall–Kier alpha value is -2.68. The lowest BCUT2D eigenvalue weighted by molar-refractivity contribution is -0.147. The van der Waals surface area contributed by atoms with Gasteiger partial charge in [0.1, 0.15) is 6.61 Å². The number of aromatic nitrogens is 2. The van der Waals surface area contributed by atoms with Crippen LogP contribution in [0.3, 0.4) is 0 Å². The highest BCUT2D eigenvalue weighted by Gasteiger charge is 2.48. The molecule has 0 N–H and O–H groups in total. The number of carbonyl (C=O) groups is 1. The van der Waals surface area contributed by atoms with E-state index in [4.69, 9.17) is 4.74 Å². The predicted octanol–water partition coefficient (Wildman–Crippen LogP) is 3.93. The zero-order valence-corrected chi connectivity index (χ0v) is 15.5. The summed E-state index contributed by atoms with van der Waals surface area (Å²) in [7, 11) is 0. The number of fused-ring (bicyclic) bond motifs is 1. The van der Waals surface area contributed by atoms with Crippen LogP contribution in [0, 0.1) is 12.8 Å². The first-order chi connectivity index (χ1) is 13.3. The number of rotatable bonds is 4. The number of halogens is 3. The number of esters is 1. The zero-order valence-electron chi connectivity index (χ0n) is 14.7. The monoisotopic (exact) mass is 408 g/mol. The van der Waals surface area contributed by atoms with Gasteiger partial charge in [-0.1, -0.05) is 18.2 Å². The van der Waals surface area contributed by atoms with Gasteiger partial charge in [0.05, 0.1) is 17.2 Å². The van der Waals surface area contributed by atoms with Gasteiger partial charge in [-0.15, -0.1) is 11.3 Å². The van der Waals surface area contributed by atoms with Crippen molar-refractivity contribution in [1.29, 1.82) is 0 Å². The maximum absolute atomic E-state index is 13.1. The van der Waals surface area contributed by atoms with Crippen LogP contribution in [0.2, 0.25) is 0 Å². The van der Waals surface area contributed by atoms with Crippen LogP contribution in [0.25, 0.3) is 4.96 Å². The Morgan fingerprint density at radius 1 is 1.36 bits per heavy atom. The fourth-order valence-electron chi connectivity index (χ4n) is 3.30. The standard InChI is InChI=1S/C19H15F3N2O3S/c1-10-9-28-18-23-11(6-16(25)24(10)18)8-27-17(26)14-7-13(14)12-4-2-3-5-15(12)19(20,21)22/h2-6,9,13-14H,7-8H2,1H3. The number of benzene rings is 1. The van der Waals surface area contributed by atoms with Gasteiger partial charge >= 0.3 is 12.1 Å². The predicted molar refractivity (Wildman–Crippen MR) is 96.2 cm³/mol. The van der Waals surface area contributed by atoms with E-state index >= 15 is 0 Å². The normalized spacial score (nSPS) is 19.0. The number of hydrogen-bond acceptors (Lipinski definition) is 5. The minimum atomic E-state index is -4.46. The lowest BCUT2D eigenvalue weighted by Gasteiger charge is -2.12. The average Bonchev–Trinajstić information content (AvgIpc) is 3.36. The van der Waals surface area contributed by atoms with Crippen LogP contribution in [0.4, 0.5) is 13.2 Å². The summed E-state index contributed by atoms with van der Waals surface area (Å²) in [5.41, 5.74) is 0.212. The van der Waals surface area contributed by atoms with Crippen LogP contribution in [-0.2, 0) is 22.3 Å². The van der Waals surface area contributed by atoms with E-state index in [1.165, 1.54) is 40.0 Å². The van der Waals surface area contributed by atoms with E-state index in [-0.39, 0.29) is 17.7 Å². The van der Waals surface area contributed by atoms with Crippen LogP contribution in [0.1, 0.15) is 34.9 Å². The largest absolute Gasteiger partial charge is 0.459 e. The molecule has 0 radical (unpaired) electrons. The van der Waals surface area contributed by atoms with Crippen LogP contribution in [0.5, 0.6) is 0 Å². The fourth-order valence-corrected chi connectivity index (χ4v) is 4.20. The van der Waals surface area contributed by atoms with Crippen LogP contribution in [-0.4, -0.2) is 15.4 Å². The minimum absolute atomic E-state index is 0.115. The number of ether oxygens (including phenoxy) is 1. The maximum atomic E-state index is 13.1. The molecular formula is C19H15F3N2O3S. The summed E-state index contributed by atoms with van der Waals surface area (Å²) in [6.45, 7) is 1.60. The number of thiazole rings is 1. The second-order valence-electron chi connectivity index (χ2n) is 6.72. The molecule has 0 aliphatic heterocycles. The number of carbonyl (C=O) groups excluding carboxylic acids is 1. The number of aryl methyl sites for hydroxylation is 1. The number of nitrogens with zero attached hydrogens (tertiary/aromatic N) is 2. The van der Waals surface area contributed by atoms with Gasteiger partial charge in [0.15, 0.2) is 4.96 Å². The molecule has 146 valence electrons. The van der Waals surface area contributed by atoms with Crippen molar-refractivity contribution >= 4 is 22.3 Å². The summed E-state index contributed by atoms with van der Waals surface area (Å²) in [5, 5.41) is 1.80. The summed E-state index contributed by atoms with van der Waals surface area (Å²) < 4.78 is 46.1. The molecule has 3 aromatic rings. The van der Waals surface area contributed by atoms with E-state index in [9.17, 15) is 22.8 Å². The van der Waals surface area contributed by atoms with Crippen molar-refractivity contribution in [1.82, 2.24) is 9.38 Å². The third-order valence-electron chi connectivity index (χ3n) is 4.75. The molecule has 1 aliphatic rings. The lowest BCUT2D eigenvalue weighted by atomic mass is 10.0. The zero-order chi connectivity index (χ0) is 20.1. The van der Waals surface area contributed by atoms with Gasteiger partial charge in [-0.25, -0.2) is 4.98 Å². The molecule has 2 heterocycles. The van der Waals surface area contributed by atoms with Crippen molar-refractivity contribution in [3.05, 3.63) is 68.6 Å². The molecule has 4 rings (SSSR count). The van der Waals surface area contributed by atoms with E-state index in [1.807, 2.05) is 0 Å². The summed E-state index contributed by atoms with van der Waals surface area (Å²) in [5.74, 6) is -1.70. The molecule has 28 heavy (non-hydrogen) atoms. The highest BCUT2D eigenvalue weighted by Crippen LogP contribution is 2.51. The molecule has 2 unspecified atom stereocenters. The molecule has 1 aliphatic carbocycles. The van der Waals surface area contributed by atoms with Gasteiger partial charge in [0.25, 0.3) is 5.56 Å². The first-order valence-corrected chi connectivity index (χ1v) is 9.43. The smallest absolute Gasteiger partial charge is 0.416 e. The summed E-state index contributed by atoms with van der Waals surface area (Å²) in [4.78, 5) is 29.2. The van der Waals surface area contributed by atoms with E-state index in [0.717, 1.165) is 11.8 Å². The Bertz CT molecular complexity index is 1120. The Morgan fingerprint density at radius 3 is 2.86 bits per heavy atom. The van der Waals surface area contributed by atoms with Crippen LogP contribution < -0.4 is 5.56 Å². The third-order valence-corrected chi connectivity index (χ3v) is 5.69. The highest BCUT2D eigenvalue weighted by molar-refractivity contribution is 7.15. The highest BCUT2D eigenvalue weighted by atomic mass is 32.1. The van der Waals surface area contributed by atoms with Crippen molar-refractivity contribution in [2.45, 2.75) is 32.0 Å². The molecule has 0 amide bonds. The Morgan fingerprint density at radius 2 is 2.11 bits per heavy atom. The molecule has 2 atom stereocenters. The topological polar surface area (TPSA) is 60.7 Å². The second-order valence-corrected chi connectivity index (χ2v) is 7.56. The van der Waals surface area contributed by atoms with Crippen LogP contribution >= 0.6 is 11.3 Å². The van der Waals surface area contributed by atoms with Crippen molar-refractivity contribution < 1.29 is 22.7 Å². The number of hydrogen-bond donors (Lipinski definition) is 0. The van der Waals surface area contributed by atoms with Gasteiger partial charge in [-0.3, -0.25) is 14.0 Å². The molecule has 1 aromatic carbocycles. The van der Waals surface area contributed by atoms with Gasteiger partial charge in [0, 0.05) is 17.1 Å². The molecule has 2 aromatic heterocycles. The summed E-state index contributed by atoms with van der Waals surface area (Å²) in [6.07, 6.45) is -4.15. The van der Waals surface area contributed by atoms with Crippen molar-refractivity contribution in [2.24, 2.45) is 5.92 Å². The summed E-state index contributed by atoms with van der Waals surface area (Å²) >= 11 is 1.30. The molecule has 9 heteroatoms. The van der Waals surface area contributed by atoms with Gasteiger partial charge < -0.3 is 4.74 Å². The molecule has 5 nitrogen and oxygen atoms in total. The van der Waals surface area contributed by atoms with E-state index in [2.05, 4.69) is 4.98 Å². The Labute approximate surface area is 161 Å². The van der Waals surface area contributed by atoms with Crippen molar-refractivity contribution in [3.63, 3.8) is 0 Å². The van der Waals surface area contributed by atoms with Crippen molar-refractivity contribution in [2.75, 3.05) is 0 Å². The molecule has 1 saturated carbocycles. The maximum Gasteiger partial charge on any atom is 0.416 e. The van der Waals surface area contributed by atoms with Gasteiger partial charge in [-0.2, -0.15) is 13.2 Å². The molecule has 0 saturated heterocycles. The Balaban J connectivity index is 1.45. The average molecular weight is 408 g/mol. The summed E-state index contributed by atoms with van der Waals surface area (Å²) in [6, 6.07) is 6.57. The fraction of sp³-hybridized carbons (Fsp3) is 0.316. The SMILES string of the molecule is Cc1csc2nc(COC(=O)C3CC3c3ccccc3C(F)(F)F)cc(=O)n12. The van der Waals surface area contributed by atoms with Crippen LogP contribution in [0.15, 0.2) is 40.5 Å². The minimum Gasteiger partial charge on any atom is -0.459 e. The van der Waals surface area contributed by atoms with E-state index in [1.54, 1.807) is 12.3 Å². The molecule has 1 fully saturated rings. The van der Waals surface area contributed by atoms with Gasteiger partial charge in [0.2, 0.25) is 0 Å². The first-order valence-electron chi connectivity index (χ1n) is 8.55. The lowest BCUT2D eigenvalue weighted by Crippen LogP contribution is -2.17. The second kappa shape index (κ2) is 6.73. The van der Waals surface area contributed by atoms with Crippen molar-refractivity contribution in [3.8, 4) is 0 Å². The molecule has 0 bridgehead atoms. The van der Waals surface area contributed by atoms with Gasteiger partial charge in [-0.05, 0) is 30.9 Å². The third kappa shape index (κ3) is 3.42. The number of alkyl halides is 3. The molecule has 0 spiro atoms. The Kier molecular flexibility index (Phi) is 4.49. The van der Waals surface area contributed by atoms with E-state index in [0.29, 0.717) is 17.1 Å². The quantitative estimate of drug-likeness (QED) is 0.614.